The summed E-state index contributed by atoms with van der Waals surface area (Å²) in [6, 6.07) is 0.631. The molecule has 1 saturated heterocycles. The SMILES string of the molecule is CC(C)(C)OC(=O)N1C2CC([C@@H]3C[C@H]23)[C@@H]1CN. The summed E-state index contributed by atoms with van der Waals surface area (Å²) in [4.78, 5) is 14.2. The van der Waals surface area contributed by atoms with Gasteiger partial charge in [-0.25, -0.2) is 4.79 Å². The van der Waals surface area contributed by atoms with Gasteiger partial charge in [-0.3, -0.25) is 0 Å². The summed E-state index contributed by atoms with van der Waals surface area (Å²) in [5.74, 6) is 2.24. The number of fused-ring (bicyclic) bond motifs is 5. The van der Waals surface area contributed by atoms with Gasteiger partial charge in [-0.15, -0.1) is 0 Å². The van der Waals surface area contributed by atoms with Gasteiger partial charge < -0.3 is 15.4 Å². The molecule has 96 valence electrons. The van der Waals surface area contributed by atoms with Crippen molar-refractivity contribution in [1.29, 1.82) is 0 Å². The topological polar surface area (TPSA) is 55.6 Å². The first kappa shape index (κ1) is 11.3. The van der Waals surface area contributed by atoms with Gasteiger partial charge in [0.25, 0.3) is 0 Å². The van der Waals surface area contributed by atoms with Gasteiger partial charge in [0.05, 0.1) is 6.04 Å². The number of hydrogen-bond acceptors (Lipinski definition) is 3. The number of carbonyl (C=O) groups excluding carboxylic acids is 1. The van der Waals surface area contributed by atoms with Gasteiger partial charge in [0.1, 0.15) is 5.60 Å². The lowest BCUT2D eigenvalue weighted by Crippen LogP contribution is -2.51. The van der Waals surface area contributed by atoms with E-state index in [4.69, 9.17) is 10.5 Å². The van der Waals surface area contributed by atoms with Crippen molar-refractivity contribution in [3.8, 4) is 0 Å². The van der Waals surface area contributed by atoms with Crippen LogP contribution in [0.15, 0.2) is 0 Å². The fourth-order valence-electron chi connectivity index (χ4n) is 3.89. The number of rotatable bonds is 1. The van der Waals surface area contributed by atoms with E-state index in [-0.39, 0.29) is 12.1 Å². The minimum Gasteiger partial charge on any atom is -0.444 e. The number of ether oxygens (including phenoxy) is 1. The minimum absolute atomic E-state index is 0.161. The third kappa shape index (κ3) is 1.65. The van der Waals surface area contributed by atoms with Gasteiger partial charge in [0, 0.05) is 12.6 Å². The summed E-state index contributed by atoms with van der Waals surface area (Å²) >= 11 is 0. The fourth-order valence-corrected chi connectivity index (χ4v) is 3.89. The molecule has 1 heterocycles. The molecule has 1 amide bonds. The fraction of sp³-hybridized carbons (Fsp3) is 0.923. The lowest BCUT2D eigenvalue weighted by Gasteiger charge is -2.35. The van der Waals surface area contributed by atoms with Crippen LogP contribution in [0.2, 0.25) is 0 Å². The highest BCUT2D eigenvalue weighted by Crippen LogP contribution is 2.63. The van der Waals surface area contributed by atoms with E-state index < -0.39 is 5.60 Å². The molecule has 0 aromatic heterocycles. The van der Waals surface area contributed by atoms with Crippen LogP contribution in [-0.2, 0) is 4.74 Å². The Hall–Kier alpha value is -0.770. The van der Waals surface area contributed by atoms with E-state index in [1.807, 2.05) is 25.7 Å². The second kappa shape index (κ2) is 3.37. The van der Waals surface area contributed by atoms with Gasteiger partial charge >= 0.3 is 6.09 Å². The zero-order chi connectivity index (χ0) is 12.4. The zero-order valence-electron chi connectivity index (χ0n) is 10.8. The van der Waals surface area contributed by atoms with Crippen molar-refractivity contribution in [2.24, 2.45) is 23.5 Å². The van der Waals surface area contributed by atoms with Crippen LogP contribution in [0.4, 0.5) is 4.79 Å². The Morgan fingerprint density at radius 1 is 1.29 bits per heavy atom. The third-order valence-corrected chi connectivity index (χ3v) is 4.50. The molecule has 0 spiro atoms. The maximum absolute atomic E-state index is 12.2. The van der Waals surface area contributed by atoms with E-state index in [9.17, 15) is 4.79 Å². The highest BCUT2D eigenvalue weighted by molar-refractivity contribution is 5.70. The van der Waals surface area contributed by atoms with E-state index in [0.717, 1.165) is 18.3 Å². The second-order valence-electron chi connectivity index (χ2n) is 6.72. The van der Waals surface area contributed by atoms with Gasteiger partial charge in [0.2, 0.25) is 0 Å². The Morgan fingerprint density at radius 3 is 2.59 bits per heavy atom. The van der Waals surface area contributed by atoms with E-state index in [2.05, 4.69) is 0 Å². The van der Waals surface area contributed by atoms with Crippen LogP contribution in [0.3, 0.4) is 0 Å². The number of carbonyl (C=O) groups is 1. The number of nitrogens with zero attached hydrogens (tertiary/aromatic N) is 1. The van der Waals surface area contributed by atoms with Crippen molar-refractivity contribution in [1.82, 2.24) is 4.90 Å². The Kier molecular flexibility index (Phi) is 2.25. The summed E-state index contributed by atoms with van der Waals surface area (Å²) in [6.45, 7) is 6.31. The molecule has 17 heavy (non-hydrogen) atoms. The Bertz CT molecular complexity index is 350. The highest BCUT2D eigenvalue weighted by Gasteiger charge is 2.65. The second-order valence-corrected chi connectivity index (χ2v) is 6.72. The maximum Gasteiger partial charge on any atom is 0.410 e. The number of amides is 1. The van der Waals surface area contributed by atoms with Crippen molar-refractivity contribution >= 4 is 6.09 Å². The number of nitrogens with two attached hydrogens (primary N) is 1. The summed E-state index contributed by atoms with van der Waals surface area (Å²) < 4.78 is 5.50. The molecule has 2 saturated carbocycles. The molecule has 2 aliphatic carbocycles. The Labute approximate surface area is 102 Å². The summed E-state index contributed by atoms with van der Waals surface area (Å²) in [5.41, 5.74) is 5.43. The largest absolute Gasteiger partial charge is 0.444 e. The van der Waals surface area contributed by atoms with Crippen LogP contribution < -0.4 is 5.73 Å². The van der Waals surface area contributed by atoms with Gasteiger partial charge in [-0.2, -0.15) is 0 Å². The quantitative estimate of drug-likeness (QED) is 0.754. The van der Waals surface area contributed by atoms with Crippen LogP contribution in [0.25, 0.3) is 0 Å². The Morgan fingerprint density at radius 2 is 2.00 bits per heavy atom. The van der Waals surface area contributed by atoms with Crippen LogP contribution in [0, 0.1) is 17.8 Å². The molecular weight excluding hydrogens is 216 g/mol. The minimum atomic E-state index is -0.416. The molecule has 4 nitrogen and oxygen atoms in total. The first-order chi connectivity index (χ1) is 7.92. The smallest absolute Gasteiger partial charge is 0.410 e. The summed E-state index contributed by atoms with van der Waals surface area (Å²) in [6.07, 6.45) is 2.28. The van der Waals surface area contributed by atoms with E-state index in [1.165, 1.54) is 6.42 Å². The van der Waals surface area contributed by atoms with Gasteiger partial charge in [0.15, 0.2) is 0 Å². The molecule has 5 atom stereocenters. The molecule has 0 radical (unpaired) electrons. The molecule has 0 aromatic rings. The summed E-state index contributed by atoms with van der Waals surface area (Å²) in [7, 11) is 0. The van der Waals surface area contributed by atoms with Crippen molar-refractivity contribution < 1.29 is 9.53 Å². The average molecular weight is 238 g/mol. The van der Waals surface area contributed by atoms with Crippen LogP contribution in [0.5, 0.6) is 0 Å². The highest BCUT2D eigenvalue weighted by atomic mass is 16.6. The number of hydrogen-bond donors (Lipinski definition) is 1. The lowest BCUT2D eigenvalue weighted by atomic mass is 9.97. The first-order valence-corrected chi connectivity index (χ1v) is 6.64. The molecule has 1 aliphatic heterocycles. The molecule has 2 bridgehead atoms. The monoisotopic (exact) mass is 238 g/mol. The van der Waals surface area contributed by atoms with Crippen molar-refractivity contribution in [2.45, 2.75) is 51.3 Å². The molecule has 3 rings (SSSR count). The normalized spacial score (nSPS) is 42.6. The number of likely N-dealkylation sites (tertiary alicyclic amines) is 1. The van der Waals surface area contributed by atoms with Gasteiger partial charge in [-0.05, 0) is 51.4 Å². The first-order valence-electron chi connectivity index (χ1n) is 6.64. The van der Waals surface area contributed by atoms with Crippen LogP contribution in [-0.4, -0.2) is 35.2 Å². The predicted octanol–water partition coefficient (Wildman–Crippen LogP) is 1.59. The number of piperidine rings is 1. The Balaban J connectivity index is 1.76. The average Bonchev–Trinajstić information content (AvgIpc) is 2.82. The van der Waals surface area contributed by atoms with E-state index >= 15 is 0 Å². The maximum atomic E-state index is 12.2. The molecule has 2 N–H and O–H groups in total. The molecule has 4 heteroatoms. The van der Waals surface area contributed by atoms with Crippen molar-refractivity contribution in [3.63, 3.8) is 0 Å². The van der Waals surface area contributed by atoms with Crippen molar-refractivity contribution in [3.05, 3.63) is 0 Å². The van der Waals surface area contributed by atoms with Crippen LogP contribution in [0.1, 0.15) is 33.6 Å². The van der Waals surface area contributed by atoms with Crippen molar-refractivity contribution in [2.75, 3.05) is 6.54 Å². The summed E-state index contributed by atoms with van der Waals surface area (Å²) in [5, 5.41) is 0. The van der Waals surface area contributed by atoms with E-state index in [0.29, 0.717) is 18.5 Å². The predicted molar refractivity (Wildman–Crippen MR) is 64.4 cm³/mol. The lowest BCUT2D eigenvalue weighted by molar-refractivity contribution is 0.00721. The zero-order valence-corrected chi connectivity index (χ0v) is 10.8. The van der Waals surface area contributed by atoms with Gasteiger partial charge in [-0.1, -0.05) is 0 Å². The molecule has 0 aromatic carbocycles. The third-order valence-electron chi connectivity index (χ3n) is 4.50. The molecule has 3 fully saturated rings. The standard InChI is InChI=1S/C13H22N2O2/c1-13(2,3)17-12(16)15-10-5-9(11(15)6-14)7-4-8(7)10/h7-11H,4-6,14H2,1-3H3/t7-,8+,9?,10?,11+/m1/s1. The van der Waals surface area contributed by atoms with E-state index in [1.54, 1.807) is 0 Å². The molecular formula is C13H22N2O2. The van der Waals surface area contributed by atoms with Crippen LogP contribution >= 0.6 is 0 Å². The molecule has 3 aliphatic rings. The molecule has 2 unspecified atom stereocenters.